The Morgan fingerprint density at radius 1 is 1.20 bits per heavy atom. The molecule has 0 saturated heterocycles. The van der Waals surface area contributed by atoms with Crippen LogP contribution in [0.5, 0.6) is 0 Å². The summed E-state index contributed by atoms with van der Waals surface area (Å²) in [6.45, 7) is 0. The van der Waals surface area contributed by atoms with Crippen molar-refractivity contribution in [3.8, 4) is 0 Å². The van der Waals surface area contributed by atoms with Crippen LogP contribution in [0.3, 0.4) is 0 Å². The molecule has 1 aromatic rings. The second-order valence-electron chi connectivity index (χ2n) is 4.82. The van der Waals surface area contributed by atoms with Gasteiger partial charge in [-0.05, 0) is 36.8 Å². The Bertz CT molecular complexity index is 368. The van der Waals surface area contributed by atoms with Gasteiger partial charge >= 0.3 is 5.97 Å². The number of carboxylic acids is 1. The van der Waals surface area contributed by atoms with Crippen LogP contribution in [0.15, 0.2) is 30.3 Å². The van der Waals surface area contributed by atoms with Gasteiger partial charge in [0.25, 0.3) is 0 Å². The molecule has 0 heterocycles. The van der Waals surface area contributed by atoms with Crippen LogP contribution in [-0.4, -0.2) is 28.3 Å². The first-order valence-electron chi connectivity index (χ1n) is 7.08. The number of unbranched alkanes of at least 4 members (excludes halogenated alkanes) is 1. The fraction of sp³-hybridized carbons (Fsp3) is 0.562. The summed E-state index contributed by atoms with van der Waals surface area (Å²) in [6, 6.07) is 10.6. The Morgan fingerprint density at radius 2 is 1.95 bits per heavy atom. The molecule has 0 aliphatic rings. The van der Waals surface area contributed by atoms with Crippen LogP contribution in [0.1, 0.15) is 37.7 Å². The van der Waals surface area contributed by atoms with Crippen molar-refractivity contribution in [1.29, 1.82) is 0 Å². The number of carbonyl (C=O) groups is 1. The molecule has 0 aliphatic heterocycles. The average molecular weight is 312 g/mol. The van der Waals surface area contributed by atoms with Crippen molar-refractivity contribution in [3.63, 3.8) is 0 Å². The first-order chi connectivity index (χ1) is 9.72. The molecular formula is C16H24O2S2. The first-order valence-corrected chi connectivity index (χ1v) is 9.53. The zero-order valence-corrected chi connectivity index (χ0v) is 13.7. The molecule has 0 spiro atoms. The highest BCUT2D eigenvalue weighted by atomic mass is 32.2. The molecule has 1 N–H and O–H groups in total. The van der Waals surface area contributed by atoms with E-state index < -0.39 is 5.97 Å². The third-order valence-electron chi connectivity index (χ3n) is 3.20. The molecule has 0 aliphatic carbocycles. The van der Waals surface area contributed by atoms with Crippen molar-refractivity contribution in [2.24, 2.45) is 0 Å². The normalized spacial score (nSPS) is 12.2. The fourth-order valence-corrected chi connectivity index (χ4v) is 3.94. The van der Waals surface area contributed by atoms with Gasteiger partial charge in [-0.3, -0.25) is 4.79 Å². The van der Waals surface area contributed by atoms with E-state index in [2.05, 4.69) is 36.6 Å². The van der Waals surface area contributed by atoms with E-state index in [1.807, 2.05) is 23.5 Å². The molecule has 2 nitrogen and oxygen atoms in total. The van der Waals surface area contributed by atoms with E-state index in [0.717, 1.165) is 25.0 Å². The van der Waals surface area contributed by atoms with Gasteiger partial charge in [0.05, 0.1) is 0 Å². The van der Waals surface area contributed by atoms with Crippen LogP contribution in [0.4, 0.5) is 0 Å². The number of benzene rings is 1. The van der Waals surface area contributed by atoms with Crippen molar-refractivity contribution in [2.75, 3.05) is 12.0 Å². The number of carboxylic acid groups (broad SMARTS) is 1. The maximum Gasteiger partial charge on any atom is 0.303 e. The SMILES string of the molecule is CSC(CCCCC(=O)O)CCSCc1ccccc1. The Kier molecular flexibility index (Phi) is 9.67. The summed E-state index contributed by atoms with van der Waals surface area (Å²) >= 11 is 3.90. The van der Waals surface area contributed by atoms with Crippen LogP contribution >= 0.6 is 23.5 Å². The van der Waals surface area contributed by atoms with Gasteiger partial charge in [0.1, 0.15) is 0 Å². The van der Waals surface area contributed by atoms with Crippen molar-refractivity contribution >= 4 is 29.5 Å². The number of thioether (sulfide) groups is 2. The van der Waals surface area contributed by atoms with Crippen LogP contribution in [-0.2, 0) is 10.5 Å². The Morgan fingerprint density at radius 3 is 2.60 bits per heavy atom. The lowest BCUT2D eigenvalue weighted by atomic mass is 10.1. The number of hydrogen-bond acceptors (Lipinski definition) is 3. The van der Waals surface area contributed by atoms with Gasteiger partial charge in [-0.2, -0.15) is 23.5 Å². The zero-order chi connectivity index (χ0) is 14.6. The highest BCUT2D eigenvalue weighted by Gasteiger charge is 2.07. The number of hydrogen-bond donors (Lipinski definition) is 1. The van der Waals surface area contributed by atoms with E-state index in [-0.39, 0.29) is 0 Å². The quantitative estimate of drug-likeness (QED) is 0.602. The molecule has 0 amide bonds. The predicted molar refractivity (Wildman–Crippen MR) is 90.6 cm³/mol. The highest BCUT2D eigenvalue weighted by molar-refractivity contribution is 7.99. The van der Waals surface area contributed by atoms with Gasteiger partial charge in [-0.25, -0.2) is 0 Å². The second kappa shape index (κ2) is 11.1. The van der Waals surface area contributed by atoms with Gasteiger partial charge in [0.2, 0.25) is 0 Å². The lowest BCUT2D eigenvalue weighted by Gasteiger charge is -2.13. The molecule has 0 radical (unpaired) electrons. The molecule has 20 heavy (non-hydrogen) atoms. The molecule has 1 atom stereocenters. The van der Waals surface area contributed by atoms with E-state index in [0.29, 0.717) is 11.7 Å². The molecular weight excluding hydrogens is 288 g/mol. The monoisotopic (exact) mass is 312 g/mol. The minimum atomic E-state index is -0.677. The minimum Gasteiger partial charge on any atom is -0.481 e. The van der Waals surface area contributed by atoms with Gasteiger partial charge in [-0.1, -0.05) is 36.8 Å². The topological polar surface area (TPSA) is 37.3 Å². The van der Waals surface area contributed by atoms with E-state index in [9.17, 15) is 4.79 Å². The van der Waals surface area contributed by atoms with Crippen molar-refractivity contribution in [1.82, 2.24) is 0 Å². The van der Waals surface area contributed by atoms with Crippen molar-refractivity contribution < 1.29 is 9.90 Å². The van der Waals surface area contributed by atoms with E-state index >= 15 is 0 Å². The fourth-order valence-electron chi connectivity index (χ4n) is 2.01. The summed E-state index contributed by atoms with van der Waals surface area (Å²) in [4.78, 5) is 10.5. The van der Waals surface area contributed by atoms with Crippen LogP contribution in [0.25, 0.3) is 0 Å². The molecule has 1 unspecified atom stereocenters. The summed E-state index contributed by atoms with van der Waals surface area (Å²) in [5.41, 5.74) is 1.39. The maximum absolute atomic E-state index is 10.5. The van der Waals surface area contributed by atoms with E-state index in [1.54, 1.807) is 0 Å². The predicted octanol–water partition coefficient (Wildman–Crippen LogP) is 4.69. The second-order valence-corrected chi connectivity index (χ2v) is 7.07. The largest absolute Gasteiger partial charge is 0.481 e. The molecule has 4 heteroatoms. The van der Waals surface area contributed by atoms with E-state index in [1.165, 1.54) is 17.7 Å². The molecule has 0 bridgehead atoms. The minimum absolute atomic E-state index is 0.309. The molecule has 0 aromatic heterocycles. The summed E-state index contributed by atoms with van der Waals surface area (Å²) in [6.07, 6.45) is 6.66. The number of aliphatic carboxylic acids is 1. The molecule has 1 aromatic carbocycles. The molecule has 1 rings (SSSR count). The Labute approximate surface area is 130 Å². The third kappa shape index (κ3) is 8.54. The van der Waals surface area contributed by atoms with Gasteiger partial charge in [0.15, 0.2) is 0 Å². The molecule has 0 saturated carbocycles. The summed E-state index contributed by atoms with van der Waals surface area (Å²) in [5, 5.41) is 9.28. The Balaban J connectivity index is 2.07. The highest BCUT2D eigenvalue weighted by Crippen LogP contribution is 2.22. The first kappa shape index (κ1) is 17.4. The van der Waals surface area contributed by atoms with Gasteiger partial charge in [0, 0.05) is 17.4 Å². The maximum atomic E-state index is 10.5. The average Bonchev–Trinajstić information content (AvgIpc) is 2.46. The summed E-state index contributed by atoms with van der Waals surface area (Å²) in [7, 11) is 0. The molecule has 0 fully saturated rings. The zero-order valence-electron chi connectivity index (χ0n) is 12.1. The van der Waals surface area contributed by atoms with Gasteiger partial charge in [-0.15, -0.1) is 0 Å². The van der Waals surface area contributed by atoms with E-state index in [4.69, 9.17) is 5.11 Å². The van der Waals surface area contributed by atoms with Crippen LogP contribution in [0, 0.1) is 0 Å². The molecule has 112 valence electrons. The summed E-state index contributed by atoms with van der Waals surface area (Å²) in [5.74, 6) is 1.59. The van der Waals surface area contributed by atoms with Crippen molar-refractivity contribution in [2.45, 2.75) is 43.1 Å². The smallest absolute Gasteiger partial charge is 0.303 e. The number of rotatable bonds is 11. The van der Waals surface area contributed by atoms with Gasteiger partial charge < -0.3 is 5.11 Å². The van der Waals surface area contributed by atoms with Crippen LogP contribution < -0.4 is 0 Å². The lowest BCUT2D eigenvalue weighted by Crippen LogP contribution is -2.04. The third-order valence-corrected chi connectivity index (χ3v) is 5.40. The van der Waals surface area contributed by atoms with Crippen molar-refractivity contribution in [3.05, 3.63) is 35.9 Å². The lowest BCUT2D eigenvalue weighted by molar-refractivity contribution is -0.137. The Hall–Kier alpha value is -0.610. The standard InChI is InChI=1S/C16H24O2S2/c1-19-15(9-5-6-10-16(17)18)11-12-20-13-14-7-3-2-4-8-14/h2-4,7-8,15H,5-6,9-13H2,1H3,(H,17,18). The summed E-state index contributed by atoms with van der Waals surface area (Å²) < 4.78 is 0. The van der Waals surface area contributed by atoms with Crippen LogP contribution in [0.2, 0.25) is 0 Å².